The maximum atomic E-state index is 11.5. The number of aromatic carboxylic acids is 1. The van der Waals surface area contributed by atoms with Crippen LogP contribution in [-0.4, -0.2) is 29.6 Å². The molecule has 1 aliphatic rings. The van der Waals surface area contributed by atoms with Crippen LogP contribution < -0.4 is 10.1 Å². The highest BCUT2D eigenvalue weighted by Gasteiger charge is 2.23. The molecule has 0 atom stereocenters. The van der Waals surface area contributed by atoms with E-state index in [9.17, 15) is 9.59 Å². The normalized spacial score (nSPS) is 13.9. The van der Waals surface area contributed by atoms with E-state index in [1.807, 2.05) is 0 Å². The van der Waals surface area contributed by atoms with E-state index in [1.54, 1.807) is 0 Å². The molecule has 0 aliphatic heterocycles. The van der Waals surface area contributed by atoms with Crippen LogP contribution in [-0.2, 0) is 4.79 Å². The molecule has 5 nitrogen and oxygen atoms in total. The zero-order valence-electron chi connectivity index (χ0n) is 10.5. The minimum Gasteiger partial charge on any atom is -0.491 e. The number of halogens is 2. The standard InChI is InChI=1S/C13H13Cl2NO4/c14-7-5-9(13(18)19)12(10(15)6-7)20-4-3-11(17)16-8-1-2-8/h5-6,8H,1-4H2,(H,16,17)(H,18,19). The molecule has 1 amide bonds. The lowest BCUT2D eigenvalue weighted by Crippen LogP contribution is -2.26. The Morgan fingerprint density at radius 1 is 1.35 bits per heavy atom. The van der Waals surface area contributed by atoms with Crippen molar-refractivity contribution in [1.82, 2.24) is 5.32 Å². The highest BCUT2D eigenvalue weighted by atomic mass is 35.5. The lowest BCUT2D eigenvalue weighted by Gasteiger charge is -2.11. The number of hydrogen-bond donors (Lipinski definition) is 2. The van der Waals surface area contributed by atoms with Gasteiger partial charge in [0.15, 0.2) is 5.75 Å². The van der Waals surface area contributed by atoms with Gasteiger partial charge in [0.05, 0.1) is 18.1 Å². The zero-order chi connectivity index (χ0) is 14.7. The average Bonchev–Trinajstić information content (AvgIpc) is 3.14. The van der Waals surface area contributed by atoms with Gasteiger partial charge in [-0.05, 0) is 25.0 Å². The van der Waals surface area contributed by atoms with Crippen molar-refractivity contribution >= 4 is 35.1 Å². The Morgan fingerprint density at radius 3 is 2.65 bits per heavy atom. The second-order valence-corrected chi connectivity index (χ2v) is 5.35. The molecule has 0 aromatic heterocycles. The molecule has 0 spiro atoms. The Morgan fingerprint density at radius 2 is 2.05 bits per heavy atom. The minimum atomic E-state index is -1.19. The maximum absolute atomic E-state index is 11.5. The average molecular weight is 318 g/mol. The lowest BCUT2D eigenvalue weighted by atomic mass is 10.2. The SMILES string of the molecule is O=C(CCOc1c(Cl)cc(Cl)cc1C(=O)O)NC1CC1. The third-order valence-corrected chi connectivity index (χ3v) is 3.26. The summed E-state index contributed by atoms with van der Waals surface area (Å²) in [6.07, 6.45) is 2.17. The second kappa shape index (κ2) is 6.33. The third kappa shape index (κ3) is 4.02. The Kier molecular flexibility index (Phi) is 4.73. The Labute approximate surface area is 125 Å². The van der Waals surface area contributed by atoms with Crippen LogP contribution in [0.25, 0.3) is 0 Å². The number of nitrogens with one attached hydrogen (secondary N) is 1. The fourth-order valence-corrected chi connectivity index (χ4v) is 2.19. The molecule has 1 aromatic rings. The maximum Gasteiger partial charge on any atom is 0.339 e. The van der Waals surface area contributed by atoms with E-state index >= 15 is 0 Å². The monoisotopic (exact) mass is 317 g/mol. The van der Waals surface area contributed by atoms with Gasteiger partial charge in [-0.15, -0.1) is 0 Å². The molecule has 1 aromatic carbocycles. The van der Waals surface area contributed by atoms with Gasteiger partial charge in [0.2, 0.25) is 5.91 Å². The van der Waals surface area contributed by atoms with E-state index in [-0.39, 0.29) is 46.3 Å². The van der Waals surface area contributed by atoms with E-state index in [0.29, 0.717) is 0 Å². The summed E-state index contributed by atoms with van der Waals surface area (Å²) in [5.74, 6) is -1.27. The summed E-state index contributed by atoms with van der Waals surface area (Å²) in [7, 11) is 0. The van der Waals surface area contributed by atoms with Crippen LogP contribution in [0.1, 0.15) is 29.6 Å². The van der Waals surface area contributed by atoms with Crippen molar-refractivity contribution in [3.8, 4) is 5.75 Å². The number of carboxylic acids is 1. The van der Waals surface area contributed by atoms with Crippen LogP contribution >= 0.6 is 23.2 Å². The number of ether oxygens (including phenoxy) is 1. The predicted molar refractivity (Wildman–Crippen MR) is 74.7 cm³/mol. The van der Waals surface area contributed by atoms with Gasteiger partial charge in [0.25, 0.3) is 0 Å². The number of carbonyl (C=O) groups is 2. The summed E-state index contributed by atoms with van der Waals surface area (Å²) in [5, 5.41) is 12.2. The molecule has 7 heteroatoms. The number of carbonyl (C=O) groups excluding carboxylic acids is 1. The van der Waals surface area contributed by atoms with Gasteiger partial charge >= 0.3 is 5.97 Å². The van der Waals surface area contributed by atoms with Crippen molar-refractivity contribution in [3.63, 3.8) is 0 Å². The van der Waals surface area contributed by atoms with E-state index in [2.05, 4.69) is 5.32 Å². The second-order valence-electron chi connectivity index (χ2n) is 4.51. The van der Waals surface area contributed by atoms with Gasteiger partial charge in [-0.3, -0.25) is 4.79 Å². The third-order valence-electron chi connectivity index (χ3n) is 2.76. The highest BCUT2D eigenvalue weighted by molar-refractivity contribution is 6.36. The Bertz CT molecular complexity index is 543. The van der Waals surface area contributed by atoms with Crippen molar-refractivity contribution in [2.45, 2.75) is 25.3 Å². The number of benzene rings is 1. The molecule has 1 aliphatic carbocycles. The van der Waals surface area contributed by atoms with Gasteiger partial charge < -0.3 is 15.2 Å². The van der Waals surface area contributed by atoms with Gasteiger partial charge in [0.1, 0.15) is 5.56 Å². The fraction of sp³-hybridized carbons (Fsp3) is 0.385. The molecule has 0 unspecified atom stereocenters. The van der Waals surface area contributed by atoms with Crippen LogP contribution in [0.3, 0.4) is 0 Å². The van der Waals surface area contributed by atoms with Crippen LogP contribution in [0.2, 0.25) is 10.0 Å². The summed E-state index contributed by atoms with van der Waals surface area (Å²) in [6.45, 7) is 0.0557. The smallest absolute Gasteiger partial charge is 0.339 e. The van der Waals surface area contributed by atoms with Crippen molar-refractivity contribution in [2.75, 3.05) is 6.61 Å². The topological polar surface area (TPSA) is 75.6 Å². The molecule has 2 N–H and O–H groups in total. The van der Waals surface area contributed by atoms with Crippen molar-refractivity contribution < 1.29 is 19.4 Å². The first-order valence-electron chi connectivity index (χ1n) is 6.12. The van der Waals surface area contributed by atoms with Crippen molar-refractivity contribution in [2.24, 2.45) is 0 Å². The lowest BCUT2D eigenvalue weighted by molar-refractivity contribution is -0.121. The largest absolute Gasteiger partial charge is 0.491 e. The van der Waals surface area contributed by atoms with Crippen LogP contribution in [0, 0.1) is 0 Å². The number of rotatable bonds is 6. The first kappa shape index (κ1) is 14.9. The Balaban J connectivity index is 1.97. The summed E-state index contributed by atoms with van der Waals surface area (Å²) in [5.41, 5.74) is -0.120. The summed E-state index contributed by atoms with van der Waals surface area (Å²) in [6, 6.07) is 2.95. The summed E-state index contributed by atoms with van der Waals surface area (Å²) in [4.78, 5) is 22.6. The fourth-order valence-electron chi connectivity index (χ4n) is 1.64. The van der Waals surface area contributed by atoms with Crippen LogP contribution in [0.4, 0.5) is 0 Å². The molecule has 1 saturated carbocycles. The van der Waals surface area contributed by atoms with Crippen LogP contribution in [0.15, 0.2) is 12.1 Å². The number of hydrogen-bond acceptors (Lipinski definition) is 3. The van der Waals surface area contributed by atoms with E-state index in [0.717, 1.165) is 12.8 Å². The molecule has 20 heavy (non-hydrogen) atoms. The van der Waals surface area contributed by atoms with Gasteiger partial charge in [-0.25, -0.2) is 4.79 Å². The minimum absolute atomic E-state index is 0.0304. The molecule has 0 heterocycles. The first-order chi connectivity index (χ1) is 9.47. The van der Waals surface area contributed by atoms with E-state index in [1.165, 1.54) is 12.1 Å². The molecule has 0 bridgehead atoms. The van der Waals surface area contributed by atoms with Gasteiger partial charge in [-0.1, -0.05) is 23.2 Å². The van der Waals surface area contributed by atoms with E-state index < -0.39 is 5.97 Å². The number of amides is 1. The molecule has 2 rings (SSSR count). The molecular weight excluding hydrogens is 305 g/mol. The molecular formula is C13H13Cl2NO4. The molecule has 108 valence electrons. The van der Waals surface area contributed by atoms with E-state index in [4.69, 9.17) is 33.0 Å². The first-order valence-corrected chi connectivity index (χ1v) is 6.87. The zero-order valence-corrected chi connectivity index (χ0v) is 12.0. The quantitative estimate of drug-likeness (QED) is 0.845. The van der Waals surface area contributed by atoms with Crippen molar-refractivity contribution in [3.05, 3.63) is 27.7 Å². The molecule has 1 fully saturated rings. The molecule has 0 radical (unpaired) electrons. The van der Waals surface area contributed by atoms with Crippen molar-refractivity contribution in [1.29, 1.82) is 0 Å². The van der Waals surface area contributed by atoms with Gasteiger partial charge in [0, 0.05) is 11.1 Å². The highest BCUT2D eigenvalue weighted by Crippen LogP contribution is 2.32. The summed E-state index contributed by atoms with van der Waals surface area (Å²) < 4.78 is 5.32. The Hall–Kier alpha value is -1.46. The summed E-state index contributed by atoms with van der Waals surface area (Å²) >= 11 is 11.7. The predicted octanol–water partition coefficient (Wildman–Crippen LogP) is 2.74. The van der Waals surface area contributed by atoms with Gasteiger partial charge in [-0.2, -0.15) is 0 Å². The molecule has 0 saturated heterocycles. The number of carboxylic acid groups (broad SMARTS) is 1. The van der Waals surface area contributed by atoms with Crippen LogP contribution in [0.5, 0.6) is 5.75 Å².